The van der Waals surface area contributed by atoms with Gasteiger partial charge in [0, 0.05) is 6.07 Å². The maximum absolute atomic E-state index is 11.1. The summed E-state index contributed by atoms with van der Waals surface area (Å²) in [5.74, 6) is 0.862. The lowest BCUT2D eigenvalue weighted by atomic mass is 10.0. The first-order valence-electron chi connectivity index (χ1n) is 27.9. The van der Waals surface area contributed by atoms with Gasteiger partial charge in [-0.05, 0) is 94.4 Å². The average Bonchev–Trinajstić information content (AvgIpc) is 3.28. The fourth-order valence-corrected chi connectivity index (χ4v) is 8.91. The number of ether oxygens (including phenoxy) is 1. The Hall–Kier alpha value is -2.26. The number of rotatable bonds is 49. The van der Waals surface area contributed by atoms with Crippen LogP contribution in [0, 0.1) is 0 Å². The number of hydrogen-bond acceptors (Lipinski definition) is 3. The van der Waals surface area contributed by atoms with Crippen molar-refractivity contribution in [3.8, 4) is 11.5 Å². The van der Waals surface area contributed by atoms with Gasteiger partial charge in [-0.3, -0.25) is 0 Å². The Morgan fingerprint density at radius 3 is 1.19 bits per heavy atom. The van der Waals surface area contributed by atoms with Crippen LogP contribution in [-0.2, 0) is 6.42 Å². The Bertz CT molecular complexity index is 1180. The van der Waals surface area contributed by atoms with E-state index < -0.39 is 12.2 Å². The van der Waals surface area contributed by atoms with E-state index in [4.69, 9.17) is 4.74 Å². The van der Waals surface area contributed by atoms with E-state index in [2.05, 4.69) is 44.7 Å². The van der Waals surface area contributed by atoms with E-state index in [0.29, 0.717) is 12.2 Å². The molecule has 0 saturated heterocycles. The maximum Gasteiger partial charge on any atom is 0.143 e. The molecule has 0 aliphatic heterocycles. The molecule has 3 heteroatoms. The second kappa shape index (κ2) is 47.7. The van der Waals surface area contributed by atoms with E-state index >= 15 is 0 Å². The summed E-state index contributed by atoms with van der Waals surface area (Å²) in [5.41, 5.74) is 1.10. The zero-order chi connectivity index (χ0) is 45.4. The van der Waals surface area contributed by atoms with Gasteiger partial charge in [-0.2, -0.15) is 0 Å². The number of aromatic hydroxyl groups is 1. The summed E-state index contributed by atoms with van der Waals surface area (Å²) in [6, 6.07) is 5.59. The molecule has 0 bridgehead atoms. The molecule has 1 aromatic carbocycles. The van der Waals surface area contributed by atoms with Gasteiger partial charge in [0.2, 0.25) is 0 Å². The molecule has 0 spiro atoms. The summed E-state index contributed by atoms with van der Waals surface area (Å²) in [5, 5.41) is 21.6. The Morgan fingerprint density at radius 2 is 0.810 bits per heavy atom. The predicted molar refractivity (Wildman–Crippen MR) is 280 cm³/mol. The van der Waals surface area contributed by atoms with Gasteiger partial charge in [0.1, 0.15) is 17.6 Å². The van der Waals surface area contributed by atoms with E-state index in [0.717, 1.165) is 31.2 Å². The number of allylic oxidation sites excluding steroid dienone is 6. The molecule has 0 heterocycles. The van der Waals surface area contributed by atoms with Crippen molar-refractivity contribution >= 4 is 0 Å². The van der Waals surface area contributed by atoms with Crippen LogP contribution in [0.4, 0.5) is 0 Å². The zero-order valence-corrected chi connectivity index (χ0v) is 42.1. The third-order valence-electron chi connectivity index (χ3n) is 13.0. The molecule has 0 radical (unpaired) electrons. The highest BCUT2D eigenvalue weighted by atomic mass is 16.5. The van der Waals surface area contributed by atoms with Gasteiger partial charge in [0.05, 0.1) is 6.10 Å². The Labute approximate surface area is 393 Å². The van der Waals surface area contributed by atoms with E-state index in [1.165, 1.54) is 238 Å². The maximum atomic E-state index is 11.1. The van der Waals surface area contributed by atoms with Gasteiger partial charge in [-0.25, -0.2) is 0 Å². The summed E-state index contributed by atoms with van der Waals surface area (Å²) in [6.45, 7) is 8.39. The molecular formula is C60H106O3. The number of phenolic OH excluding ortho intramolecular Hbond substituents is 1. The van der Waals surface area contributed by atoms with Crippen molar-refractivity contribution < 1.29 is 14.9 Å². The van der Waals surface area contributed by atoms with Crippen molar-refractivity contribution in [2.75, 3.05) is 0 Å². The molecule has 0 saturated carbocycles. The van der Waals surface area contributed by atoms with E-state index in [1.807, 2.05) is 24.3 Å². The molecule has 0 amide bonds. The summed E-state index contributed by atoms with van der Waals surface area (Å²) >= 11 is 0. The van der Waals surface area contributed by atoms with Crippen molar-refractivity contribution in [2.24, 2.45) is 0 Å². The lowest BCUT2D eigenvalue weighted by Gasteiger charge is -2.22. The smallest absolute Gasteiger partial charge is 0.143 e. The zero-order valence-electron chi connectivity index (χ0n) is 42.1. The first kappa shape index (κ1) is 58.8. The predicted octanol–water partition coefficient (Wildman–Crippen LogP) is 19.9. The first-order chi connectivity index (χ1) is 31.1. The molecule has 0 aliphatic carbocycles. The third kappa shape index (κ3) is 41.0. The minimum Gasteiger partial charge on any atom is -0.508 e. The molecule has 364 valence electrons. The fourth-order valence-electron chi connectivity index (χ4n) is 8.91. The lowest BCUT2D eigenvalue weighted by molar-refractivity contribution is 0.0557. The molecule has 2 N–H and O–H groups in total. The largest absolute Gasteiger partial charge is 0.508 e. The average molecular weight is 876 g/mol. The van der Waals surface area contributed by atoms with E-state index in [-0.39, 0.29) is 5.75 Å². The van der Waals surface area contributed by atoms with Gasteiger partial charge >= 0.3 is 0 Å². The second-order valence-electron chi connectivity index (χ2n) is 19.3. The van der Waals surface area contributed by atoms with Crippen LogP contribution in [0.1, 0.15) is 283 Å². The Balaban J connectivity index is 2.07. The van der Waals surface area contributed by atoms with Crippen molar-refractivity contribution in [2.45, 2.75) is 296 Å². The van der Waals surface area contributed by atoms with Crippen LogP contribution in [0.5, 0.6) is 11.5 Å². The topological polar surface area (TPSA) is 49.7 Å². The second-order valence-corrected chi connectivity index (χ2v) is 19.3. The Kier molecular flexibility index (Phi) is 44.5. The molecule has 0 aliphatic rings. The molecule has 63 heavy (non-hydrogen) atoms. The first-order valence-corrected chi connectivity index (χ1v) is 27.9. The van der Waals surface area contributed by atoms with Crippen LogP contribution in [-0.4, -0.2) is 22.4 Å². The van der Waals surface area contributed by atoms with Crippen LogP contribution in [0.15, 0.2) is 67.3 Å². The van der Waals surface area contributed by atoms with Crippen LogP contribution in [0.25, 0.3) is 0 Å². The molecule has 0 fully saturated rings. The molecular weight excluding hydrogens is 769 g/mol. The summed E-state index contributed by atoms with van der Waals surface area (Å²) in [4.78, 5) is 0. The minimum absolute atomic E-state index is 0.233. The number of phenols is 1. The SMILES string of the molecule is C=C/C=C\C(Oc1cc(O)cc(CCCCCCCCCCCCCCCCC/C=C/CCCCCCCC)c1)C(O)CCCCCCCCCCC/C=C/CCCCCCCC. The highest BCUT2D eigenvalue weighted by Gasteiger charge is 2.19. The molecule has 3 nitrogen and oxygen atoms in total. The molecule has 2 unspecified atom stereocenters. The summed E-state index contributed by atoms with van der Waals surface area (Å²) in [6.07, 6.45) is 69.3. The molecule has 1 aromatic rings. The monoisotopic (exact) mass is 875 g/mol. The number of aryl methyl sites for hydroxylation is 1. The van der Waals surface area contributed by atoms with Gasteiger partial charge in [-0.1, -0.05) is 256 Å². The van der Waals surface area contributed by atoms with Gasteiger partial charge in [-0.15, -0.1) is 0 Å². The van der Waals surface area contributed by atoms with Crippen LogP contribution in [0.2, 0.25) is 0 Å². The molecule has 1 rings (SSSR count). The Morgan fingerprint density at radius 1 is 0.460 bits per heavy atom. The van der Waals surface area contributed by atoms with Crippen molar-refractivity contribution in [3.05, 3.63) is 72.9 Å². The number of aliphatic hydroxyl groups excluding tert-OH is 1. The minimum atomic E-state index is -0.594. The van der Waals surface area contributed by atoms with Gasteiger partial charge in [0.15, 0.2) is 0 Å². The van der Waals surface area contributed by atoms with Crippen molar-refractivity contribution in [1.29, 1.82) is 0 Å². The van der Waals surface area contributed by atoms with E-state index in [9.17, 15) is 10.2 Å². The van der Waals surface area contributed by atoms with Crippen LogP contribution < -0.4 is 4.74 Å². The molecule has 0 aromatic heterocycles. The van der Waals surface area contributed by atoms with Crippen molar-refractivity contribution in [1.82, 2.24) is 0 Å². The highest BCUT2D eigenvalue weighted by Crippen LogP contribution is 2.26. The summed E-state index contributed by atoms with van der Waals surface area (Å²) < 4.78 is 6.30. The van der Waals surface area contributed by atoms with Gasteiger partial charge < -0.3 is 14.9 Å². The molecule has 2 atom stereocenters. The normalized spacial score (nSPS) is 12.9. The lowest BCUT2D eigenvalue weighted by Crippen LogP contribution is -2.30. The number of hydrogen-bond donors (Lipinski definition) is 2. The fraction of sp³-hybridized carbons (Fsp3) is 0.767. The standard InChI is InChI=1S/C60H106O3/c1-4-7-10-12-14-16-18-20-22-24-26-27-28-29-30-31-33-34-36-38-40-42-44-46-48-50-56-53-57(61)55-58(54-56)63-60(52-9-6-3)59(62)51-49-47-45-43-41-39-37-35-32-25-23-21-19-17-15-13-11-8-5-2/h6,9,20-23,52-55,59-62H,3-5,7-8,10-19,24-51H2,1-2H3/b22-20+,23-21+,52-9-. The van der Waals surface area contributed by atoms with E-state index in [1.54, 1.807) is 12.1 Å². The quantitative estimate of drug-likeness (QED) is 0.0390. The van der Waals surface area contributed by atoms with Crippen LogP contribution >= 0.6 is 0 Å². The van der Waals surface area contributed by atoms with Crippen LogP contribution in [0.3, 0.4) is 0 Å². The number of benzene rings is 1. The third-order valence-corrected chi connectivity index (χ3v) is 13.0. The number of unbranched alkanes of at least 4 members (excludes halogenated alkanes) is 36. The number of aliphatic hydroxyl groups is 1. The highest BCUT2D eigenvalue weighted by molar-refractivity contribution is 5.38. The van der Waals surface area contributed by atoms with Gasteiger partial charge in [0.25, 0.3) is 0 Å². The van der Waals surface area contributed by atoms with Crippen molar-refractivity contribution in [3.63, 3.8) is 0 Å². The summed E-state index contributed by atoms with van der Waals surface area (Å²) in [7, 11) is 0.